The van der Waals surface area contributed by atoms with E-state index < -0.39 is 5.97 Å². The van der Waals surface area contributed by atoms with E-state index in [-0.39, 0.29) is 0 Å². The second kappa shape index (κ2) is 7.56. The summed E-state index contributed by atoms with van der Waals surface area (Å²) in [5, 5.41) is 9.08. The largest absolute Gasteiger partial charge is 0.491 e. The Hall–Kier alpha value is -1.74. The summed E-state index contributed by atoms with van der Waals surface area (Å²) in [4.78, 5) is 10.5. The highest BCUT2D eigenvalue weighted by Crippen LogP contribution is 2.29. The number of carboxylic acid groups (broad SMARTS) is 1. The van der Waals surface area contributed by atoms with Crippen LogP contribution in [0.3, 0.4) is 0 Å². The van der Waals surface area contributed by atoms with Gasteiger partial charge in [-0.2, -0.15) is 0 Å². The van der Waals surface area contributed by atoms with Crippen molar-refractivity contribution in [3.8, 4) is 5.75 Å². The van der Waals surface area contributed by atoms with E-state index in [1.54, 1.807) is 18.2 Å². The molecule has 96 valence electrons. The summed E-state index contributed by atoms with van der Waals surface area (Å²) in [7, 11) is 0. The fourth-order valence-corrected chi connectivity index (χ4v) is 1.61. The average molecular weight is 267 g/mol. The maximum Gasteiger partial charge on any atom is 0.328 e. The number of unbranched alkanes of at least 4 members (excludes halogenated alkanes) is 1. The van der Waals surface area contributed by atoms with Crippen LogP contribution in [0.15, 0.2) is 36.9 Å². The van der Waals surface area contributed by atoms with Gasteiger partial charge in [-0.15, -0.1) is 6.58 Å². The number of rotatable bonds is 7. The third-order valence-corrected chi connectivity index (χ3v) is 2.50. The molecule has 3 nitrogen and oxygen atoms in total. The van der Waals surface area contributed by atoms with E-state index in [0.717, 1.165) is 18.9 Å². The molecule has 0 saturated heterocycles. The van der Waals surface area contributed by atoms with Crippen molar-refractivity contribution in [1.82, 2.24) is 0 Å². The minimum atomic E-state index is -1.01. The molecule has 1 N–H and O–H groups in total. The van der Waals surface area contributed by atoms with Crippen molar-refractivity contribution < 1.29 is 14.6 Å². The van der Waals surface area contributed by atoms with Gasteiger partial charge in [0, 0.05) is 11.6 Å². The Morgan fingerprint density at radius 1 is 1.50 bits per heavy atom. The number of allylic oxidation sites excluding steroid dienone is 1. The molecule has 0 aliphatic rings. The third kappa shape index (κ3) is 4.63. The van der Waals surface area contributed by atoms with E-state index in [9.17, 15) is 4.79 Å². The van der Waals surface area contributed by atoms with Crippen molar-refractivity contribution in [2.45, 2.75) is 12.8 Å². The number of hydrogen-bond donors (Lipinski definition) is 1. The zero-order chi connectivity index (χ0) is 13.4. The predicted molar refractivity (Wildman–Crippen MR) is 73.0 cm³/mol. The van der Waals surface area contributed by atoms with E-state index in [2.05, 4.69) is 6.58 Å². The highest BCUT2D eigenvalue weighted by atomic mass is 35.5. The van der Waals surface area contributed by atoms with Gasteiger partial charge in [-0.3, -0.25) is 0 Å². The Kier molecular flexibility index (Phi) is 6.01. The Labute approximate surface area is 111 Å². The SMILES string of the molecule is C=CCCCOc1c(Cl)cccc1/C=C/C(=O)O. The molecule has 0 bridgehead atoms. The van der Waals surface area contributed by atoms with Gasteiger partial charge < -0.3 is 9.84 Å². The van der Waals surface area contributed by atoms with Gasteiger partial charge in [-0.1, -0.05) is 29.8 Å². The number of carbonyl (C=O) groups is 1. The molecule has 0 heterocycles. The van der Waals surface area contributed by atoms with Gasteiger partial charge >= 0.3 is 5.97 Å². The fraction of sp³-hybridized carbons (Fsp3) is 0.214. The van der Waals surface area contributed by atoms with Crippen LogP contribution in [0.4, 0.5) is 0 Å². The molecular weight excluding hydrogens is 252 g/mol. The Morgan fingerprint density at radius 3 is 2.94 bits per heavy atom. The molecule has 1 aromatic rings. The Bertz CT molecular complexity index is 452. The second-order valence-corrected chi connectivity index (χ2v) is 4.02. The molecule has 0 unspecified atom stereocenters. The summed E-state index contributed by atoms with van der Waals surface area (Å²) in [6.45, 7) is 4.15. The molecule has 0 radical (unpaired) electrons. The maximum absolute atomic E-state index is 10.5. The Balaban J connectivity index is 2.80. The minimum Gasteiger partial charge on any atom is -0.491 e. The number of para-hydroxylation sites is 1. The number of carboxylic acids is 1. The molecule has 0 aliphatic carbocycles. The van der Waals surface area contributed by atoms with Crippen molar-refractivity contribution in [3.63, 3.8) is 0 Å². The van der Waals surface area contributed by atoms with Gasteiger partial charge in [0.05, 0.1) is 11.6 Å². The first-order valence-corrected chi connectivity index (χ1v) is 5.96. The fourth-order valence-electron chi connectivity index (χ4n) is 1.37. The quantitative estimate of drug-likeness (QED) is 0.464. The molecule has 18 heavy (non-hydrogen) atoms. The number of aliphatic carboxylic acids is 1. The topological polar surface area (TPSA) is 46.5 Å². The van der Waals surface area contributed by atoms with Crippen LogP contribution in [-0.2, 0) is 4.79 Å². The van der Waals surface area contributed by atoms with Gasteiger partial charge in [0.2, 0.25) is 0 Å². The predicted octanol–water partition coefficient (Wildman–Crippen LogP) is 3.78. The molecule has 1 rings (SSSR count). The molecule has 1 aromatic carbocycles. The lowest BCUT2D eigenvalue weighted by molar-refractivity contribution is -0.131. The highest BCUT2D eigenvalue weighted by molar-refractivity contribution is 6.32. The molecule has 0 fully saturated rings. The summed E-state index contributed by atoms with van der Waals surface area (Å²) < 4.78 is 5.58. The molecule has 4 heteroatoms. The lowest BCUT2D eigenvalue weighted by atomic mass is 10.2. The lowest BCUT2D eigenvalue weighted by Gasteiger charge is -2.10. The second-order valence-electron chi connectivity index (χ2n) is 3.61. The Morgan fingerprint density at radius 2 is 2.28 bits per heavy atom. The van der Waals surface area contributed by atoms with Gasteiger partial charge in [-0.25, -0.2) is 4.79 Å². The molecular formula is C14H15ClO3. The molecule has 0 saturated carbocycles. The molecule has 0 amide bonds. The van der Waals surface area contributed by atoms with Crippen LogP contribution in [0.5, 0.6) is 5.75 Å². The first kappa shape index (κ1) is 14.3. The number of halogens is 1. The van der Waals surface area contributed by atoms with Crippen LogP contribution < -0.4 is 4.74 Å². The van der Waals surface area contributed by atoms with Gasteiger partial charge in [-0.05, 0) is 25.0 Å². The van der Waals surface area contributed by atoms with Crippen LogP contribution in [0, 0.1) is 0 Å². The van der Waals surface area contributed by atoms with E-state index >= 15 is 0 Å². The van der Waals surface area contributed by atoms with Crippen LogP contribution in [0.25, 0.3) is 6.08 Å². The van der Waals surface area contributed by atoms with Gasteiger partial charge in [0.1, 0.15) is 5.75 Å². The normalized spacial score (nSPS) is 10.5. The van der Waals surface area contributed by atoms with Crippen molar-refractivity contribution in [3.05, 3.63) is 47.5 Å². The van der Waals surface area contributed by atoms with Gasteiger partial charge in [0.15, 0.2) is 0 Å². The van der Waals surface area contributed by atoms with Crippen LogP contribution in [0.2, 0.25) is 5.02 Å². The first-order valence-electron chi connectivity index (χ1n) is 5.58. The van der Waals surface area contributed by atoms with E-state index in [0.29, 0.717) is 22.9 Å². The first-order chi connectivity index (χ1) is 8.65. The van der Waals surface area contributed by atoms with Crippen molar-refractivity contribution in [1.29, 1.82) is 0 Å². The van der Waals surface area contributed by atoms with Crippen LogP contribution in [0.1, 0.15) is 18.4 Å². The molecule has 0 aromatic heterocycles. The lowest BCUT2D eigenvalue weighted by Crippen LogP contribution is -1.99. The van der Waals surface area contributed by atoms with Crippen LogP contribution >= 0.6 is 11.6 Å². The van der Waals surface area contributed by atoms with E-state index in [4.69, 9.17) is 21.4 Å². The molecule has 0 spiro atoms. The molecule has 0 atom stereocenters. The zero-order valence-corrected chi connectivity index (χ0v) is 10.7. The van der Waals surface area contributed by atoms with E-state index in [1.165, 1.54) is 6.08 Å². The zero-order valence-electron chi connectivity index (χ0n) is 9.93. The summed E-state index contributed by atoms with van der Waals surface area (Å²) in [5.41, 5.74) is 0.656. The highest BCUT2D eigenvalue weighted by Gasteiger charge is 2.06. The van der Waals surface area contributed by atoms with Crippen molar-refractivity contribution in [2.75, 3.05) is 6.61 Å². The number of benzene rings is 1. The smallest absolute Gasteiger partial charge is 0.328 e. The number of hydrogen-bond acceptors (Lipinski definition) is 2. The maximum atomic E-state index is 10.5. The van der Waals surface area contributed by atoms with Gasteiger partial charge in [0.25, 0.3) is 0 Å². The summed E-state index contributed by atoms with van der Waals surface area (Å²) in [6, 6.07) is 5.22. The number of ether oxygens (including phenoxy) is 1. The van der Waals surface area contributed by atoms with Crippen molar-refractivity contribution >= 4 is 23.6 Å². The summed E-state index contributed by atoms with van der Waals surface area (Å²) >= 11 is 6.03. The summed E-state index contributed by atoms with van der Waals surface area (Å²) in [5.74, 6) is -0.492. The van der Waals surface area contributed by atoms with Crippen molar-refractivity contribution in [2.24, 2.45) is 0 Å². The monoisotopic (exact) mass is 266 g/mol. The summed E-state index contributed by atoms with van der Waals surface area (Å²) in [6.07, 6.45) is 6.06. The minimum absolute atomic E-state index is 0.473. The van der Waals surface area contributed by atoms with E-state index in [1.807, 2.05) is 6.08 Å². The average Bonchev–Trinajstić information content (AvgIpc) is 2.34. The molecule has 0 aliphatic heterocycles. The third-order valence-electron chi connectivity index (χ3n) is 2.20. The standard InChI is InChI=1S/C14H15ClO3/c1-2-3-4-10-18-14-11(8-9-13(16)17)6-5-7-12(14)15/h2,5-9H,1,3-4,10H2,(H,16,17)/b9-8+. The van der Waals surface area contributed by atoms with Crippen LogP contribution in [-0.4, -0.2) is 17.7 Å².